The van der Waals surface area contributed by atoms with Crippen molar-refractivity contribution in [3.8, 4) is 17.5 Å². The summed E-state index contributed by atoms with van der Waals surface area (Å²) in [6.45, 7) is 5.53. The lowest BCUT2D eigenvalue weighted by Crippen LogP contribution is -2.34. The number of carbonyl (C=O) groups excluding carboxylic acids is 2. The fraction of sp³-hybridized carbons (Fsp3) is 0.222. The predicted octanol–water partition coefficient (Wildman–Crippen LogP) is 5.65. The maximum atomic E-state index is 13.8. The van der Waals surface area contributed by atoms with E-state index < -0.39 is 24.0 Å². The number of ether oxygens (including phenoxy) is 2. The average Bonchev–Trinajstić information content (AvgIpc) is 3.59. The van der Waals surface area contributed by atoms with E-state index in [-0.39, 0.29) is 6.61 Å². The molecule has 0 spiro atoms. The van der Waals surface area contributed by atoms with Gasteiger partial charge in [-0.25, -0.2) is 14.6 Å². The molecule has 2 aromatic heterocycles. The number of hydrogen-bond donors (Lipinski definition) is 1. The Morgan fingerprint density at radius 3 is 2.45 bits per heavy atom. The zero-order chi connectivity index (χ0) is 30.9. The van der Waals surface area contributed by atoms with Crippen LogP contribution in [-0.4, -0.2) is 39.2 Å². The summed E-state index contributed by atoms with van der Waals surface area (Å²) in [5.74, 6) is 4.39. The van der Waals surface area contributed by atoms with E-state index in [1.54, 1.807) is 44.8 Å². The molecule has 8 nitrogen and oxygen atoms in total. The summed E-state index contributed by atoms with van der Waals surface area (Å²) in [5, 5.41) is 3.36. The lowest BCUT2D eigenvalue weighted by molar-refractivity contribution is -0.142. The number of esters is 2. The third-order valence-corrected chi connectivity index (χ3v) is 7.29. The van der Waals surface area contributed by atoms with Crippen molar-refractivity contribution in [3.05, 3.63) is 131 Å². The van der Waals surface area contributed by atoms with E-state index in [0.29, 0.717) is 35.4 Å². The molecule has 0 amide bonds. The molecule has 0 aliphatic carbocycles. The van der Waals surface area contributed by atoms with Gasteiger partial charge in [0.15, 0.2) is 6.10 Å². The van der Waals surface area contributed by atoms with Crippen molar-refractivity contribution in [1.82, 2.24) is 19.9 Å². The summed E-state index contributed by atoms with van der Waals surface area (Å²) >= 11 is 0. The monoisotopic (exact) mass is 586 g/mol. The van der Waals surface area contributed by atoms with Gasteiger partial charge in [-0.1, -0.05) is 54.3 Å². The van der Waals surface area contributed by atoms with Gasteiger partial charge in [-0.3, -0.25) is 4.98 Å². The van der Waals surface area contributed by atoms with Crippen molar-refractivity contribution in [2.45, 2.75) is 39.7 Å². The van der Waals surface area contributed by atoms with Gasteiger partial charge in [-0.15, -0.1) is 0 Å². The van der Waals surface area contributed by atoms with E-state index in [4.69, 9.17) is 9.47 Å². The molecule has 2 aromatic carbocycles. The molecule has 0 saturated carbocycles. The molecule has 0 fully saturated rings. The third kappa shape index (κ3) is 7.13. The second-order valence-corrected chi connectivity index (χ2v) is 10.3. The van der Waals surface area contributed by atoms with Gasteiger partial charge in [-0.05, 0) is 69.0 Å². The summed E-state index contributed by atoms with van der Waals surface area (Å²) in [4.78, 5) is 35.7. The van der Waals surface area contributed by atoms with Crippen LogP contribution in [0.3, 0.4) is 0 Å². The number of pyridine rings is 1. The summed E-state index contributed by atoms with van der Waals surface area (Å²) in [6.07, 6.45) is 9.08. The van der Waals surface area contributed by atoms with Gasteiger partial charge in [-0.2, -0.15) is 0 Å². The van der Waals surface area contributed by atoms with Gasteiger partial charge < -0.3 is 19.4 Å². The number of aromatic nitrogens is 3. The molecule has 222 valence electrons. The van der Waals surface area contributed by atoms with E-state index in [1.165, 1.54) is 0 Å². The minimum Gasteiger partial charge on any atom is -0.463 e. The Morgan fingerprint density at radius 2 is 1.77 bits per heavy atom. The van der Waals surface area contributed by atoms with Gasteiger partial charge in [0.1, 0.15) is 0 Å². The Labute approximate surface area is 257 Å². The molecule has 1 N–H and O–H groups in total. The molecule has 1 aliphatic heterocycles. The van der Waals surface area contributed by atoms with Crippen LogP contribution in [0.15, 0.2) is 115 Å². The van der Waals surface area contributed by atoms with E-state index in [1.807, 2.05) is 78.4 Å². The number of hydrogen-bond acceptors (Lipinski definition) is 7. The molecule has 0 radical (unpaired) electrons. The van der Waals surface area contributed by atoms with Crippen LogP contribution >= 0.6 is 0 Å². The van der Waals surface area contributed by atoms with E-state index in [9.17, 15) is 9.59 Å². The summed E-state index contributed by atoms with van der Waals surface area (Å²) < 4.78 is 13.3. The molecule has 4 aromatic rings. The van der Waals surface area contributed by atoms with Crippen LogP contribution in [0, 0.1) is 17.8 Å². The Hall–Kier alpha value is -5.42. The average molecular weight is 587 g/mol. The number of benzene rings is 2. The topological polar surface area (TPSA) is 95.3 Å². The van der Waals surface area contributed by atoms with E-state index >= 15 is 0 Å². The molecule has 5 rings (SSSR count). The minimum absolute atomic E-state index is 0.198. The van der Waals surface area contributed by atoms with Crippen LogP contribution in [0.4, 0.5) is 0 Å². The molecule has 3 heterocycles. The second kappa shape index (κ2) is 14.2. The fourth-order valence-corrected chi connectivity index (χ4v) is 5.21. The highest BCUT2D eigenvalue weighted by atomic mass is 16.5. The number of carbonyl (C=O) groups is 2. The second-order valence-electron chi connectivity index (χ2n) is 10.3. The molecular formula is C36H34N4O4. The first-order valence-electron chi connectivity index (χ1n) is 14.6. The van der Waals surface area contributed by atoms with Crippen LogP contribution in [0.1, 0.15) is 43.9 Å². The van der Waals surface area contributed by atoms with Crippen molar-refractivity contribution in [3.63, 3.8) is 0 Å². The van der Waals surface area contributed by atoms with Gasteiger partial charge in [0.25, 0.3) is 0 Å². The van der Waals surface area contributed by atoms with Crippen molar-refractivity contribution in [2.24, 2.45) is 5.92 Å². The first kappa shape index (κ1) is 30.1. The van der Waals surface area contributed by atoms with Crippen LogP contribution in [0.2, 0.25) is 0 Å². The smallest absolute Gasteiger partial charge is 0.337 e. The lowest BCUT2D eigenvalue weighted by Gasteiger charge is -2.32. The number of nitrogens with zero attached hydrogens (tertiary/aromatic N) is 3. The van der Waals surface area contributed by atoms with Crippen LogP contribution in [0.25, 0.3) is 11.4 Å². The summed E-state index contributed by atoms with van der Waals surface area (Å²) in [6, 6.07) is 21.4. The number of allylic oxidation sites excluding steroid dienone is 1. The Morgan fingerprint density at radius 1 is 0.977 bits per heavy atom. The summed E-state index contributed by atoms with van der Waals surface area (Å²) in [5.41, 5.74) is 5.55. The number of imidazole rings is 1. The van der Waals surface area contributed by atoms with Gasteiger partial charge >= 0.3 is 11.9 Å². The molecule has 44 heavy (non-hydrogen) atoms. The number of rotatable bonds is 9. The molecule has 0 saturated heterocycles. The molecule has 0 bridgehead atoms. The van der Waals surface area contributed by atoms with Gasteiger partial charge in [0.05, 0.1) is 29.8 Å². The number of dihydropyridines is 1. The fourth-order valence-electron chi connectivity index (χ4n) is 5.21. The highest BCUT2D eigenvalue weighted by Crippen LogP contribution is 2.38. The molecule has 2 atom stereocenters. The molecule has 8 heteroatoms. The normalized spacial score (nSPS) is 15.1. The number of nitrogens with one attached hydrogen (secondary N) is 1. The maximum Gasteiger partial charge on any atom is 0.337 e. The van der Waals surface area contributed by atoms with Crippen molar-refractivity contribution in [2.75, 3.05) is 6.61 Å². The standard InChI is InChI=1S/C36H34N4O4/c1-4-43-35(41)33-31(19-14-27-9-6-5-7-10-27)32(36(42)44-25(2)12-13-28-11-8-20-37-23-28)26(3)39-34(33)29-15-17-30(18-16-29)40-22-21-38-24-40/h5-11,15-18,20-25,31,39H,4,14,19H2,1-3H3. The van der Waals surface area contributed by atoms with Crippen molar-refractivity contribution in [1.29, 1.82) is 0 Å². The molecule has 2 unspecified atom stereocenters. The molecule has 1 aliphatic rings. The predicted molar refractivity (Wildman–Crippen MR) is 168 cm³/mol. The minimum atomic E-state index is -0.690. The first-order chi connectivity index (χ1) is 21.4. The highest BCUT2D eigenvalue weighted by Gasteiger charge is 2.38. The highest BCUT2D eigenvalue weighted by molar-refractivity contribution is 6.03. The Kier molecular flexibility index (Phi) is 9.68. The van der Waals surface area contributed by atoms with Crippen molar-refractivity contribution >= 4 is 17.6 Å². The molecular weight excluding hydrogens is 552 g/mol. The Bertz CT molecular complexity index is 1720. The number of aryl methyl sites for hydroxylation is 1. The third-order valence-electron chi connectivity index (χ3n) is 7.29. The van der Waals surface area contributed by atoms with Crippen LogP contribution < -0.4 is 5.32 Å². The first-order valence-corrected chi connectivity index (χ1v) is 14.6. The lowest BCUT2D eigenvalue weighted by atomic mass is 9.80. The van der Waals surface area contributed by atoms with Crippen LogP contribution in [0.5, 0.6) is 0 Å². The zero-order valence-electron chi connectivity index (χ0n) is 25.0. The van der Waals surface area contributed by atoms with Gasteiger partial charge in [0, 0.05) is 47.7 Å². The largest absolute Gasteiger partial charge is 0.463 e. The van der Waals surface area contributed by atoms with Crippen molar-refractivity contribution < 1.29 is 19.1 Å². The quantitative estimate of drug-likeness (QED) is 0.200. The zero-order valence-corrected chi connectivity index (χ0v) is 25.0. The van der Waals surface area contributed by atoms with Crippen LogP contribution in [-0.2, 0) is 25.5 Å². The maximum absolute atomic E-state index is 13.8. The summed E-state index contributed by atoms with van der Waals surface area (Å²) in [7, 11) is 0. The van der Waals surface area contributed by atoms with E-state index in [0.717, 1.165) is 22.4 Å². The SMILES string of the molecule is CCOC(=O)C1=C(c2ccc(-n3ccnc3)cc2)NC(C)=C(C(=O)OC(C)C#Cc2cccnc2)C1CCc1ccccc1. The van der Waals surface area contributed by atoms with E-state index in [2.05, 4.69) is 27.1 Å². The van der Waals surface area contributed by atoms with Gasteiger partial charge in [0.2, 0.25) is 0 Å². The Balaban J connectivity index is 1.51.